The van der Waals surface area contributed by atoms with E-state index in [9.17, 15) is 0 Å². The van der Waals surface area contributed by atoms with E-state index in [2.05, 4.69) is 50.0 Å². The molecule has 0 aliphatic rings. The van der Waals surface area contributed by atoms with Crippen molar-refractivity contribution in [2.75, 3.05) is 7.11 Å². The topological polar surface area (TPSA) is 9.23 Å². The van der Waals surface area contributed by atoms with Gasteiger partial charge in [-0.25, -0.2) is 31.4 Å². The van der Waals surface area contributed by atoms with Crippen LogP contribution in [0.1, 0.15) is 11.1 Å². The van der Waals surface area contributed by atoms with Gasteiger partial charge in [0.25, 0.3) is 0 Å². The van der Waals surface area contributed by atoms with Crippen molar-refractivity contribution in [3.63, 3.8) is 0 Å². The monoisotopic (exact) mass is 383 g/mol. The van der Waals surface area contributed by atoms with Gasteiger partial charge in [0.2, 0.25) is 0 Å². The minimum atomic E-state index is 0. The van der Waals surface area contributed by atoms with Crippen LogP contribution in [0.5, 0.6) is 0 Å². The second-order valence-electron chi connectivity index (χ2n) is 3.21. The zero-order valence-electron chi connectivity index (χ0n) is 10.2. The number of methoxy groups -OCH3 is 1. The van der Waals surface area contributed by atoms with Gasteiger partial charge in [0.15, 0.2) is 0 Å². The molecule has 0 N–H and O–H groups in total. The fourth-order valence-corrected chi connectivity index (χ4v) is 0.940. The van der Waals surface area contributed by atoms with E-state index < -0.39 is 0 Å². The molecule has 1 nitrogen and oxygen atoms in total. The first kappa shape index (κ1) is 17.9. The van der Waals surface area contributed by atoms with Crippen molar-refractivity contribution in [3.05, 3.63) is 66.8 Å². The van der Waals surface area contributed by atoms with Gasteiger partial charge < -0.3 is 4.74 Å². The molecule has 0 saturated heterocycles. The van der Waals surface area contributed by atoms with E-state index in [1.54, 1.807) is 0 Å². The predicted molar refractivity (Wildman–Crippen MR) is 65.9 cm³/mol. The molecule has 0 heterocycles. The van der Waals surface area contributed by atoms with Crippen LogP contribution >= 0.6 is 0 Å². The number of hydrogen-bond donors (Lipinski definition) is 0. The Balaban J connectivity index is 0. The minimum Gasteiger partial charge on any atom is -0.557 e. The van der Waals surface area contributed by atoms with E-state index in [0.29, 0.717) is 0 Å². The Hall–Kier alpha value is -0.470. The summed E-state index contributed by atoms with van der Waals surface area (Å²) >= 11 is 0. The van der Waals surface area contributed by atoms with Crippen molar-refractivity contribution in [1.29, 1.82) is 0 Å². The van der Waals surface area contributed by atoms with Crippen LogP contribution in [-0.4, -0.2) is 7.11 Å². The van der Waals surface area contributed by atoms with Gasteiger partial charge in [0.1, 0.15) is 0 Å². The Kier molecular flexibility index (Phi) is 14.1. The number of ether oxygens (including phenoxy) is 1. The maximum atomic E-state index is 4.00. The third kappa shape index (κ3) is 11.6. The largest absolute Gasteiger partial charge is 4.00 e. The van der Waals surface area contributed by atoms with Crippen LogP contribution in [0.4, 0.5) is 0 Å². The molecule has 0 aliphatic carbocycles. The molecule has 2 heteroatoms. The summed E-state index contributed by atoms with van der Waals surface area (Å²) in [6.07, 6.45) is 0. The molecule has 0 amide bonds. The van der Waals surface area contributed by atoms with E-state index in [1.807, 2.05) is 24.3 Å². The Morgan fingerprint density at radius 3 is 1.06 bits per heavy atom. The van der Waals surface area contributed by atoms with Crippen LogP contribution in [0.15, 0.2) is 48.5 Å². The van der Waals surface area contributed by atoms with Crippen molar-refractivity contribution >= 4 is 0 Å². The molecule has 0 bridgehead atoms. The normalized spacial score (nSPS) is 7.75. The van der Waals surface area contributed by atoms with Crippen molar-refractivity contribution in [2.45, 2.75) is 13.8 Å². The zero-order valence-corrected chi connectivity index (χ0v) is 13.8. The van der Waals surface area contributed by atoms with E-state index >= 15 is 0 Å². The second kappa shape index (κ2) is 12.6. The van der Waals surface area contributed by atoms with E-state index in [0.717, 1.165) is 0 Å². The van der Waals surface area contributed by atoms with Crippen molar-refractivity contribution in [2.24, 2.45) is 0 Å². The molecule has 0 saturated carbocycles. The molecule has 0 aliphatic heterocycles. The van der Waals surface area contributed by atoms with Crippen LogP contribution in [0.25, 0.3) is 0 Å². The Morgan fingerprint density at radius 2 is 1.00 bits per heavy atom. The average molecular weight is 382 g/mol. The molecule has 2 rings (SSSR count). The first-order valence-electron chi connectivity index (χ1n) is 4.85. The van der Waals surface area contributed by atoms with Crippen LogP contribution in [0.2, 0.25) is 0 Å². The van der Waals surface area contributed by atoms with Crippen LogP contribution in [0, 0.1) is 21.0 Å². The molecule has 0 aromatic heterocycles. The van der Waals surface area contributed by atoms with Gasteiger partial charge in [-0.05, 0) is 7.11 Å². The number of aryl methyl sites for hydroxylation is 2. The molecule has 84 valence electrons. The SMILES string of the molecule is C[c-]1cccc1.C[c-]1cccc1.[CH2-]OC.[Hf+4]. The Labute approximate surface area is 118 Å². The van der Waals surface area contributed by atoms with Gasteiger partial charge in [-0.3, -0.25) is 0 Å². The van der Waals surface area contributed by atoms with Crippen LogP contribution < -0.4 is 0 Å². The summed E-state index contributed by atoms with van der Waals surface area (Å²) in [6, 6.07) is 16.5. The standard InChI is InChI=1S/2C6H7.C2H5O.Hf/c2*1-6-4-2-3-5-6;1-3-2;/h2*2-5H,1H3;1H2,2H3;/q3*-1;+4. The molecule has 2 aromatic carbocycles. The summed E-state index contributed by atoms with van der Waals surface area (Å²) in [4.78, 5) is 0. The fourth-order valence-electron chi connectivity index (χ4n) is 0.940. The maximum absolute atomic E-state index is 4.00. The minimum absolute atomic E-state index is 0. The van der Waals surface area contributed by atoms with Crippen molar-refractivity contribution < 1.29 is 30.6 Å². The molecule has 16 heavy (non-hydrogen) atoms. The van der Waals surface area contributed by atoms with Gasteiger partial charge in [0.05, 0.1) is 0 Å². The molecule has 0 radical (unpaired) electrons. The molecule has 2 aromatic rings. The molecular formula is C14H19HfO+. The number of rotatable bonds is 0. The Morgan fingerprint density at radius 1 is 0.812 bits per heavy atom. The van der Waals surface area contributed by atoms with Crippen molar-refractivity contribution in [3.8, 4) is 0 Å². The summed E-state index contributed by atoms with van der Waals surface area (Å²) in [7, 11) is 4.50. The van der Waals surface area contributed by atoms with Gasteiger partial charge in [-0.15, -0.1) is 0 Å². The van der Waals surface area contributed by atoms with Gasteiger partial charge in [0, 0.05) is 0 Å². The van der Waals surface area contributed by atoms with Crippen LogP contribution in [-0.2, 0) is 30.6 Å². The summed E-state index contributed by atoms with van der Waals surface area (Å²) < 4.78 is 4.00. The van der Waals surface area contributed by atoms with E-state index in [1.165, 1.54) is 18.2 Å². The van der Waals surface area contributed by atoms with Gasteiger partial charge >= 0.3 is 25.8 Å². The summed E-state index contributed by atoms with van der Waals surface area (Å²) in [5.41, 5.74) is 2.69. The average Bonchev–Trinajstić information content (AvgIpc) is 2.81. The predicted octanol–water partition coefficient (Wildman–Crippen LogP) is 3.85. The molecule has 0 spiro atoms. The maximum Gasteiger partial charge on any atom is 4.00 e. The third-order valence-corrected chi connectivity index (χ3v) is 1.66. The first-order valence-corrected chi connectivity index (χ1v) is 4.85. The third-order valence-electron chi connectivity index (χ3n) is 1.66. The molecule has 0 atom stereocenters. The van der Waals surface area contributed by atoms with Gasteiger partial charge in [-0.1, -0.05) is 13.8 Å². The quantitative estimate of drug-likeness (QED) is 0.497. The smallest absolute Gasteiger partial charge is 0.557 e. The molecule has 0 fully saturated rings. The Bertz CT molecular complexity index is 263. The molecule has 0 unspecified atom stereocenters. The molecular weight excluding hydrogens is 363 g/mol. The summed E-state index contributed by atoms with van der Waals surface area (Å²) in [5.74, 6) is 0. The first-order chi connectivity index (χ1) is 7.20. The fraction of sp³-hybridized carbons (Fsp3) is 0.214. The van der Waals surface area contributed by atoms with E-state index in [-0.39, 0.29) is 25.8 Å². The van der Waals surface area contributed by atoms with Crippen molar-refractivity contribution in [1.82, 2.24) is 0 Å². The van der Waals surface area contributed by atoms with Gasteiger partial charge in [-0.2, -0.15) is 35.4 Å². The van der Waals surface area contributed by atoms with E-state index in [4.69, 9.17) is 0 Å². The number of hydrogen-bond acceptors (Lipinski definition) is 1. The summed E-state index contributed by atoms with van der Waals surface area (Å²) in [5, 5.41) is 0. The van der Waals surface area contributed by atoms with Crippen LogP contribution in [0.3, 0.4) is 0 Å². The second-order valence-corrected chi connectivity index (χ2v) is 3.21. The summed E-state index contributed by atoms with van der Waals surface area (Å²) in [6.45, 7) is 4.17. The zero-order chi connectivity index (χ0) is 11.5.